The summed E-state index contributed by atoms with van der Waals surface area (Å²) in [5.41, 5.74) is 0.834. The van der Waals surface area contributed by atoms with Crippen molar-refractivity contribution in [3.8, 4) is 0 Å². The average Bonchev–Trinajstić information content (AvgIpc) is 2.37. The average molecular weight is 286 g/mol. The molecule has 0 saturated heterocycles. The van der Waals surface area contributed by atoms with Crippen LogP contribution in [0.4, 0.5) is 0 Å². The van der Waals surface area contributed by atoms with Crippen LogP contribution in [0.25, 0.3) is 0 Å². The summed E-state index contributed by atoms with van der Waals surface area (Å²) < 4.78 is 9.37. The Morgan fingerprint density at radius 2 is 2.11 bits per heavy atom. The summed E-state index contributed by atoms with van der Waals surface area (Å²) in [5, 5.41) is 3.13. The molecule has 0 aromatic heterocycles. The minimum Gasteiger partial charge on any atom is -0.467 e. The Hall–Kier alpha value is -1.59. The lowest BCUT2D eigenvalue weighted by Crippen LogP contribution is -2.44. The van der Waals surface area contributed by atoms with Gasteiger partial charge in [0.05, 0.1) is 7.11 Å². The molecule has 0 aliphatic heterocycles. The van der Waals surface area contributed by atoms with Crippen LogP contribution in [-0.2, 0) is 25.5 Å². The molecule has 0 aliphatic rings. The molecule has 1 amide bonds. The summed E-state index contributed by atoms with van der Waals surface area (Å²) in [6, 6.07) is 6.32. The molecular weight excluding hydrogens is 270 g/mol. The van der Waals surface area contributed by atoms with Crippen molar-refractivity contribution in [2.24, 2.45) is 0 Å². The number of benzene rings is 1. The van der Waals surface area contributed by atoms with Gasteiger partial charge in [-0.1, -0.05) is 23.7 Å². The molecule has 0 unspecified atom stereocenters. The van der Waals surface area contributed by atoms with Gasteiger partial charge in [-0.25, -0.2) is 4.79 Å². The van der Waals surface area contributed by atoms with E-state index in [1.807, 2.05) is 6.07 Å². The number of carbonyl (C=O) groups excluding carboxylic acids is 2. The van der Waals surface area contributed by atoms with Gasteiger partial charge in [0.25, 0.3) is 0 Å². The van der Waals surface area contributed by atoms with Gasteiger partial charge in [-0.15, -0.1) is 0 Å². The van der Waals surface area contributed by atoms with Crippen molar-refractivity contribution < 1.29 is 19.1 Å². The second-order valence-corrected chi connectivity index (χ2v) is 4.35. The monoisotopic (exact) mass is 285 g/mol. The van der Waals surface area contributed by atoms with E-state index in [2.05, 4.69) is 10.1 Å². The number of ether oxygens (including phenoxy) is 2. The molecule has 0 aliphatic carbocycles. The molecule has 1 atom stereocenters. The van der Waals surface area contributed by atoms with Crippen LogP contribution in [0.1, 0.15) is 5.56 Å². The van der Waals surface area contributed by atoms with E-state index in [0.29, 0.717) is 11.4 Å². The second kappa shape index (κ2) is 7.76. The Morgan fingerprint density at radius 1 is 1.37 bits per heavy atom. The quantitative estimate of drug-likeness (QED) is 0.798. The van der Waals surface area contributed by atoms with Crippen LogP contribution in [0, 0.1) is 0 Å². The van der Waals surface area contributed by atoms with Crippen molar-refractivity contribution in [1.29, 1.82) is 0 Å². The molecule has 1 aromatic rings. The molecule has 0 saturated carbocycles. The van der Waals surface area contributed by atoms with Crippen molar-refractivity contribution >= 4 is 23.5 Å². The van der Waals surface area contributed by atoms with Gasteiger partial charge < -0.3 is 14.8 Å². The molecule has 0 radical (unpaired) electrons. The maximum absolute atomic E-state index is 11.6. The predicted octanol–water partition coefficient (Wildman–Crippen LogP) is 1.19. The first-order valence-corrected chi connectivity index (χ1v) is 6.05. The zero-order valence-corrected chi connectivity index (χ0v) is 11.6. The summed E-state index contributed by atoms with van der Waals surface area (Å²) in [6.45, 7) is -0.108. The number of hydrogen-bond acceptors (Lipinski definition) is 4. The molecule has 1 N–H and O–H groups in total. The molecule has 0 fully saturated rings. The molecule has 0 spiro atoms. The van der Waals surface area contributed by atoms with Crippen molar-refractivity contribution in [2.45, 2.75) is 12.5 Å². The molecule has 0 bridgehead atoms. The smallest absolute Gasteiger partial charge is 0.328 e. The number of halogens is 1. The van der Waals surface area contributed by atoms with E-state index in [1.54, 1.807) is 18.2 Å². The highest BCUT2D eigenvalue weighted by atomic mass is 35.5. The molecule has 1 rings (SSSR count). The minimum atomic E-state index is -0.758. The molecule has 5 nitrogen and oxygen atoms in total. The number of amides is 1. The first-order valence-electron chi connectivity index (χ1n) is 5.67. The zero-order chi connectivity index (χ0) is 14.3. The standard InChI is InChI=1S/C13H16ClNO4/c1-18-8-12(16)15-11(13(17)19-2)7-9-4-3-5-10(14)6-9/h3-6,11H,7-8H2,1-2H3,(H,15,16)/t11-/m1/s1. The number of carbonyl (C=O) groups is 2. The Morgan fingerprint density at radius 3 is 2.68 bits per heavy atom. The van der Waals surface area contributed by atoms with Crippen LogP contribution >= 0.6 is 11.6 Å². The third-order valence-corrected chi connectivity index (χ3v) is 2.66. The Balaban J connectivity index is 2.74. The first kappa shape index (κ1) is 15.5. The number of hydrogen-bond donors (Lipinski definition) is 1. The fraction of sp³-hybridized carbons (Fsp3) is 0.385. The molecule has 104 valence electrons. The highest BCUT2D eigenvalue weighted by Gasteiger charge is 2.21. The Kier molecular flexibility index (Phi) is 6.32. The third kappa shape index (κ3) is 5.28. The van der Waals surface area contributed by atoms with Crippen molar-refractivity contribution in [2.75, 3.05) is 20.8 Å². The fourth-order valence-electron chi connectivity index (χ4n) is 1.60. The van der Waals surface area contributed by atoms with Gasteiger partial charge in [0.15, 0.2) is 0 Å². The van der Waals surface area contributed by atoms with E-state index in [0.717, 1.165) is 5.56 Å². The predicted molar refractivity (Wildman–Crippen MR) is 71.0 cm³/mol. The van der Waals surface area contributed by atoms with Gasteiger partial charge in [0.2, 0.25) is 5.91 Å². The first-order chi connectivity index (χ1) is 9.06. The van der Waals surface area contributed by atoms with Gasteiger partial charge in [0.1, 0.15) is 12.6 Å². The van der Waals surface area contributed by atoms with Crippen LogP contribution in [0.5, 0.6) is 0 Å². The van der Waals surface area contributed by atoms with E-state index in [-0.39, 0.29) is 12.5 Å². The lowest BCUT2D eigenvalue weighted by Gasteiger charge is -2.16. The summed E-state index contributed by atoms with van der Waals surface area (Å²) in [6.07, 6.45) is 0.308. The number of rotatable bonds is 6. The molecular formula is C13H16ClNO4. The molecule has 1 aromatic carbocycles. The number of esters is 1. The lowest BCUT2D eigenvalue weighted by molar-refractivity contribution is -0.145. The number of nitrogens with one attached hydrogen (secondary N) is 1. The summed E-state index contributed by atoms with van der Waals surface area (Å²) in [4.78, 5) is 23.1. The van der Waals surface area contributed by atoms with Crippen LogP contribution in [0.3, 0.4) is 0 Å². The fourth-order valence-corrected chi connectivity index (χ4v) is 1.82. The van der Waals surface area contributed by atoms with Crippen molar-refractivity contribution in [3.63, 3.8) is 0 Å². The van der Waals surface area contributed by atoms with Crippen LogP contribution in [0.15, 0.2) is 24.3 Å². The van der Waals surface area contributed by atoms with E-state index in [4.69, 9.17) is 16.3 Å². The van der Waals surface area contributed by atoms with Crippen molar-refractivity contribution in [1.82, 2.24) is 5.32 Å². The lowest BCUT2D eigenvalue weighted by atomic mass is 10.1. The van der Waals surface area contributed by atoms with Crippen LogP contribution in [0.2, 0.25) is 5.02 Å². The highest BCUT2D eigenvalue weighted by Crippen LogP contribution is 2.12. The summed E-state index contributed by atoms with van der Waals surface area (Å²) in [5.74, 6) is -0.885. The Labute approximate surface area is 116 Å². The SMILES string of the molecule is COCC(=O)N[C@H](Cc1cccc(Cl)c1)C(=O)OC. The molecule has 6 heteroatoms. The minimum absolute atomic E-state index is 0.108. The zero-order valence-electron chi connectivity index (χ0n) is 10.8. The van der Waals surface area contributed by atoms with Gasteiger partial charge in [-0.05, 0) is 17.7 Å². The second-order valence-electron chi connectivity index (χ2n) is 3.91. The van der Waals surface area contributed by atoms with Crippen LogP contribution in [-0.4, -0.2) is 38.7 Å². The number of methoxy groups -OCH3 is 2. The summed E-state index contributed by atoms with van der Waals surface area (Å²) in [7, 11) is 2.68. The highest BCUT2D eigenvalue weighted by molar-refractivity contribution is 6.30. The Bertz CT molecular complexity index is 450. The van der Waals surface area contributed by atoms with Gasteiger partial charge in [0, 0.05) is 18.6 Å². The van der Waals surface area contributed by atoms with E-state index in [9.17, 15) is 9.59 Å². The molecule has 19 heavy (non-hydrogen) atoms. The summed E-state index contributed by atoms with van der Waals surface area (Å²) >= 11 is 5.87. The maximum atomic E-state index is 11.6. The topological polar surface area (TPSA) is 64.6 Å². The van der Waals surface area contributed by atoms with E-state index < -0.39 is 12.0 Å². The van der Waals surface area contributed by atoms with Gasteiger partial charge in [-0.3, -0.25) is 4.79 Å². The molecule has 0 heterocycles. The van der Waals surface area contributed by atoms with Crippen molar-refractivity contribution in [3.05, 3.63) is 34.9 Å². The maximum Gasteiger partial charge on any atom is 0.328 e. The third-order valence-electron chi connectivity index (χ3n) is 2.43. The largest absolute Gasteiger partial charge is 0.467 e. The van der Waals surface area contributed by atoms with E-state index in [1.165, 1.54) is 14.2 Å². The van der Waals surface area contributed by atoms with Gasteiger partial charge >= 0.3 is 5.97 Å². The normalized spacial score (nSPS) is 11.7. The van der Waals surface area contributed by atoms with E-state index >= 15 is 0 Å². The van der Waals surface area contributed by atoms with Crippen LogP contribution < -0.4 is 5.32 Å². The van der Waals surface area contributed by atoms with Gasteiger partial charge in [-0.2, -0.15) is 0 Å².